The number of piperidine rings is 1. The Morgan fingerprint density at radius 2 is 1.77 bits per heavy atom. The van der Waals surface area contributed by atoms with Gasteiger partial charge in [-0.1, -0.05) is 73.8 Å². The minimum Gasteiger partial charge on any atom is -0.341 e. The second kappa shape index (κ2) is 11.0. The van der Waals surface area contributed by atoms with Gasteiger partial charge in [-0.3, -0.25) is 9.59 Å². The molecule has 1 aliphatic heterocycles. The quantitative estimate of drug-likeness (QED) is 0.582. The van der Waals surface area contributed by atoms with Crippen molar-refractivity contribution >= 4 is 35.0 Å². The first-order chi connectivity index (χ1) is 14.9. The fourth-order valence-electron chi connectivity index (χ4n) is 4.08. The van der Waals surface area contributed by atoms with Crippen LogP contribution in [0, 0.1) is 11.8 Å². The Balaban J connectivity index is 1.63. The average molecular weight is 461 g/mol. The molecule has 2 unspecified atom stereocenters. The van der Waals surface area contributed by atoms with Gasteiger partial charge in [-0.05, 0) is 54.9 Å². The molecule has 2 aromatic rings. The zero-order chi connectivity index (χ0) is 22.4. The average Bonchev–Trinajstić information content (AvgIpc) is 2.77. The Morgan fingerprint density at radius 3 is 2.39 bits per heavy atom. The van der Waals surface area contributed by atoms with Crippen molar-refractivity contribution in [1.29, 1.82) is 0 Å². The van der Waals surface area contributed by atoms with E-state index in [2.05, 4.69) is 29.6 Å². The van der Waals surface area contributed by atoms with Crippen molar-refractivity contribution in [1.82, 2.24) is 10.2 Å². The molecule has 3 rings (SSSR count). The van der Waals surface area contributed by atoms with Gasteiger partial charge in [0.05, 0.1) is 10.6 Å². The summed E-state index contributed by atoms with van der Waals surface area (Å²) in [6.45, 7) is 5.47. The summed E-state index contributed by atoms with van der Waals surface area (Å²) in [5.74, 6) is 0.241. The van der Waals surface area contributed by atoms with Crippen LogP contribution in [0.1, 0.15) is 49.0 Å². The predicted molar refractivity (Wildman–Crippen MR) is 127 cm³/mol. The number of carbonyl (C=O) groups excluding carboxylic acids is 2. The molecule has 1 saturated heterocycles. The monoisotopic (exact) mass is 460 g/mol. The molecule has 6 heteroatoms. The van der Waals surface area contributed by atoms with E-state index in [0.29, 0.717) is 16.5 Å². The Morgan fingerprint density at radius 1 is 1.10 bits per heavy atom. The van der Waals surface area contributed by atoms with Gasteiger partial charge in [0, 0.05) is 18.1 Å². The van der Waals surface area contributed by atoms with Gasteiger partial charge >= 0.3 is 0 Å². The van der Waals surface area contributed by atoms with Crippen LogP contribution in [0.2, 0.25) is 10.0 Å². The second-order valence-corrected chi connectivity index (χ2v) is 9.26. The molecule has 0 bridgehead atoms. The van der Waals surface area contributed by atoms with Crippen molar-refractivity contribution in [3.8, 4) is 0 Å². The molecule has 0 saturated carbocycles. The molecule has 1 N–H and O–H groups in total. The molecule has 1 fully saturated rings. The van der Waals surface area contributed by atoms with Crippen molar-refractivity contribution in [3.63, 3.8) is 0 Å². The minimum atomic E-state index is -0.574. The highest BCUT2D eigenvalue weighted by Crippen LogP contribution is 2.24. The highest BCUT2D eigenvalue weighted by molar-refractivity contribution is 6.36. The minimum absolute atomic E-state index is 0.00838. The molecule has 2 amide bonds. The maximum atomic E-state index is 13.3. The number of nitrogens with zero attached hydrogens (tertiary/aromatic N) is 1. The van der Waals surface area contributed by atoms with Crippen molar-refractivity contribution < 1.29 is 9.59 Å². The first kappa shape index (κ1) is 23.6. The maximum Gasteiger partial charge on any atom is 0.253 e. The third kappa shape index (κ3) is 6.24. The van der Waals surface area contributed by atoms with Crippen LogP contribution < -0.4 is 5.32 Å². The summed E-state index contributed by atoms with van der Waals surface area (Å²) in [6, 6.07) is 14.7. The Bertz CT molecular complexity index is 896. The van der Waals surface area contributed by atoms with Crippen molar-refractivity contribution in [2.75, 3.05) is 13.1 Å². The summed E-state index contributed by atoms with van der Waals surface area (Å²) in [5.41, 5.74) is 1.67. The predicted octanol–water partition coefficient (Wildman–Crippen LogP) is 5.62. The Hall–Kier alpha value is -2.04. The van der Waals surface area contributed by atoms with Crippen LogP contribution >= 0.6 is 23.2 Å². The molecule has 0 spiro atoms. The molecule has 1 aliphatic rings. The van der Waals surface area contributed by atoms with Crippen molar-refractivity contribution in [3.05, 3.63) is 69.7 Å². The summed E-state index contributed by atoms with van der Waals surface area (Å²) < 4.78 is 0. The van der Waals surface area contributed by atoms with E-state index in [-0.39, 0.29) is 22.8 Å². The molecule has 31 heavy (non-hydrogen) atoms. The summed E-state index contributed by atoms with van der Waals surface area (Å²) >= 11 is 12.1. The molecule has 0 radical (unpaired) electrons. The van der Waals surface area contributed by atoms with Gasteiger partial charge in [-0.25, -0.2) is 0 Å². The Kier molecular flexibility index (Phi) is 8.39. The van der Waals surface area contributed by atoms with Gasteiger partial charge in [0.1, 0.15) is 6.04 Å². The van der Waals surface area contributed by atoms with E-state index in [9.17, 15) is 9.59 Å². The summed E-state index contributed by atoms with van der Waals surface area (Å²) in [4.78, 5) is 28.1. The van der Waals surface area contributed by atoms with E-state index < -0.39 is 6.04 Å². The number of benzene rings is 2. The number of likely N-dealkylation sites (tertiary alicyclic amines) is 1. The van der Waals surface area contributed by atoms with Crippen LogP contribution in [-0.2, 0) is 11.2 Å². The van der Waals surface area contributed by atoms with Crippen molar-refractivity contribution in [2.24, 2.45) is 11.8 Å². The fourth-order valence-corrected chi connectivity index (χ4v) is 4.57. The van der Waals surface area contributed by atoms with Gasteiger partial charge in [0.25, 0.3) is 5.91 Å². The number of hydrogen-bond donors (Lipinski definition) is 1. The molecule has 0 aromatic heterocycles. The largest absolute Gasteiger partial charge is 0.341 e. The molecule has 166 valence electrons. The standard InChI is InChI=1S/C25H30Cl2N2O2/c1-3-17(2)23(28-24(30)21-10-9-20(26)16-22(21)27)25(31)29-13-11-19(12-14-29)15-18-7-5-4-6-8-18/h4-10,16-17,19,23H,3,11-15H2,1-2H3,(H,28,30). The maximum absolute atomic E-state index is 13.3. The van der Waals surface area contributed by atoms with Crippen LogP contribution in [0.25, 0.3) is 0 Å². The SMILES string of the molecule is CCC(C)C(NC(=O)c1ccc(Cl)cc1Cl)C(=O)N1CCC(Cc2ccccc2)CC1. The van der Waals surface area contributed by atoms with Crippen LogP contribution in [0.5, 0.6) is 0 Å². The third-order valence-electron chi connectivity index (χ3n) is 6.23. The molecule has 1 heterocycles. The lowest BCUT2D eigenvalue weighted by Crippen LogP contribution is -2.53. The number of nitrogens with one attached hydrogen (secondary N) is 1. The van der Waals surface area contributed by atoms with Gasteiger partial charge in [-0.15, -0.1) is 0 Å². The van der Waals surface area contributed by atoms with Crippen molar-refractivity contribution in [2.45, 2.75) is 45.6 Å². The molecule has 2 aromatic carbocycles. The number of rotatable bonds is 7. The summed E-state index contributed by atoms with van der Waals surface area (Å²) in [5, 5.41) is 3.68. The molecular formula is C25H30Cl2N2O2. The van der Waals surface area contributed by atoms with E-state index in [4.69, 9.17) is 23.2 Å². The lowest BCUT2D eigenvalue weighted by molar-refractivity contribution is -0.135. The number of hydrogen-bond acceptors (Lipinski definition) is 2. The zero-order valence-electron chi connectivity index (χ0n) is 18.1. The molecule has 4 nitrogen and oxygen atoms in total. The number of amides is 2. The summed E-state index contributed by atoms with van der Waals surface area (Å²) in [6.07, 6.45) is 3.79. The molecular weight excluding hydrogens is 431 g/mol. The fraction of sp³-hybridized carbons (Fsp3) is 0.440. The number of halogens is 2. The zero-order valence-corrected chi connectivity index (χ0v) is 19.6. The lowest BCUT2D eigenvalue weighted by Gasteiger charge is -2.36. The van der Waals surface area contributed by atoms with Crippen LogP contribution in [0.4, 0.5) is 0 Å². The Labute approximate surface area is 194 Å². The topological polar surface area (TPSA) is 49.4 Å². The lowest BCUT2D eigenvalue weighted by atomic mass is 9.89. The second-order valence-electron chi connectivity index (χ2n) is 8.42. The van der Waals surface area contributed by atoms with Gasteiger partial charge in [0.15, 0.2) is 0 Å². The molecule has 0 aliphatic carbocycles. The first-order valence-corrected chi connectivity index (χ1v) is 11.7. The smallest absolute Gasteiger partial charge is 0.253 e. The van der Waals surface area contributed by atoms with E-state index in [1.54, 1.807) is 12.1 Å². The van der Waals surface area contributed by atoms with E-state index in [1.807, 2.05) is 24.8 Å². The first-order valence-electron chi connectivity index (χ1n) is 11.0. The van der Waals surface area contributed by atoms with Crippen LogP contribution in [0.3, 0.4) is 0 Å². The van der Waals surface area contributed by atoms with E-state index in [1.165, 1.54) is 11.6 Å². The van der Waals surface area contributed by atoms with Crippen LogP contribution in [0.15, 0.2) is 48.5 Å². The normalized spacial score (nSPS) is 16.6. The highest BCUT2D eigenvalue weighted by Gasteiger charge is 2.32. The number of carbonyl (C=O) groups is 2. The van der Waals surface area contributed by atoms with E-state index >= 15 is 0 Å². The van der Waals surface area contributed by atoms with Gasteiger partial charge < -0.3 is 10.2 Å². The summed E-state index contributed by atoms with van der Waals surface area (Å²) in [7, 11) is 0. The highest BCUT2D eigenvalue weighted by atomic mass is 35.5. The van der Waals surface area contributed by atoms with Gasteiger partial charge in [-0.2, -0.15) is 0 Å². The molecule has 2 atom stereocenters. The third-order valence-corrected chi connectivity index (χ3v) is 6.78. The van der Waals surface area contributed by atoms with Gasteiger partial charge in [0.2, 0.25) is 5.91 Å². The van der Waals surface area contributed by atoms with Crippen LogP contribution in [-0.4, -0.2) is 35.8 Å². The van der Waals surface area contributed by atoms with E-state index in [0.717, 1.165) is 38.8 Å².